The Morgan fingerprint density at radius 2 is 1.65 bits per heavy atom. The Hall–Kier alpha value is -0.130. The smallest absolute Gasteiger partial charge is 0.211 e. The summed E-state index contributed by atoms with van der Waals surface area (Å²) in [6.07, 6.45) is 5.18. The van der Waals surface area contributed by atoms with Crippen LogP contribution in [0.3, 0.4) is 0 Å². The van der Waals surface area contributed by atoms with E-state index in [1.54, 1.807) is 0 Å². The summed E-state index contributed by atoms with van der Waals surface area (Å²) in [5, 5.41) is 3.51. The van der Waals surface area contributed by atoms with Crippen LogP contribution in [0, 0.1) is 5.92 Å². The van der Waals surface area contributed by atoms with Gasteiger partial charge in [-0.25, -0.2) is 13.1 Å². The molecule has 0 aliphatic heterocycles. The summed E-state index contributed by atoms with van der Waals surface area (Å²) in [5.41, 5.74) is 0. The van der Waals surface area contributed by atoms with E-state index >= 15 is 0 Å². The summed E-state index contributed by atoms with van der Waals surface area (Å²) in [5.74, 6) is 1.02. The lowest BCUT2D eigenvalue weighted by Gasteiger charge is -2.15. The second kappa shape index (κ2) is 10.6. The van der Waals surface area contributed by atoms with E-state index in [2.05, 4.69) is 30.8 Å². The highest BCUT2D eigenvalue weighted by Gasteiger charge is 2.11. The van der Waals surface area contributed by atoms with Gasteiger partial charge in [-0.05, 0) is 52.5 Å². The van der Waals surface area contributed by atoms with E-state index in [-0.39, 0.29) is 11.8 Å². The fraction of sp³-hybridized carbons (Fsp3) is 1.00. The average molecular weight is 307 g/mol. The molecule has 0 saturated carbocycles. The standard InChI is InChI=1S/C15H34N2O2S/c1-6-14(4)10-11-16-15(5)9-7-8-12-20(18,19)17-13(2)3/h13-17H,6-12H2,1-5H3. The molecule has 0 bridgehead atoms. The van der Waals surface area contributed by atoms with E-state index in [1.807, 2.05) is 13.8 Å². The van der Waals surface area contributed by atoms with Gasteiger partial charge in [0.25, 0.3) is 0 Å². The van der Waals surface area contributed by atoms with Gasteiger partial charge in [0.15, 0.2) is 0 Å². The van der Waals surface area contributed by atoms with Crippen LogP contribution in [0.5, 0.6) is 0 Å². The SMILES string of the molecule is CCC(C)CCNC(C)CCCCS(=O)(=O)NC(C)C. The lowest BCUT2D eigenvalue weighted by atomic mass is 10.0. The minimum Gasteiger partial charge on any atom is -0.314 e. The molecule has 0 amide bonds. The van der Waals surface area contributed by atoms with Gasteiger partial charge in [0.1, 0.15) is 0 Å². The van der Waals surface area contributed by atoms with Gasteiger partial charge in [-0.1, -0.05) is 26.7 Å². The third kappa shape index (κ3) is 11.7. The normalized spacial score (nSPS) is 15.5. The highest BCUT2D eigenvalue weighted by Crippen LogP contribution is 2.06. The Morgan fingerprint density at radius 1 is 1.00 bits per heavy atom. The fourth-order valence-corrected chi connectivity index (χ4v) is 3.46. The zero-order valence-corrected chi connectivity index (χ0v) is 14.7. The van der Waals surface area contributed by atoms with Crippen LogP contribution in [-0.4, -0.2) is 32.8 Å². The molecule has 122 valence electrons. The first-order valence-corrected chi connectivity index (χ1v) is 9.65. The van der Waals surface area contributed by atoms with Gasteiger partial charge in [0.2, 0.25) is 10.0 Å². The van der Waals surface area contributed by atoms with E-state index in [4.69, 9.17) is 0 Å². The van der Waals surface area contributed by atoms with Crippen molar-refractivity contribution in [3.05, 3.63) is 0 Å². The molecule has 20 heavy (non-hydrogen) atoms. The zero-order chi connectivity index (χ0) is 15.6. The third-order valence-corrected chi connectivity index (χ3v) is 5.20. The molecule has 0 saturated heterocycles. The lowest BCUT2D eigenvalue weighted by molar-refractivity contribution is 0.438. The summed E-state index contributed by atoms with van der Waals surface area (Å²) < 4.78 is 25.9. The molecular formula is C15H34N2O2S. The van der Waals surface area contributed by atoms with Crippen LogP contribution in [0.4, 0.5) is 0 Å². The van der Waals surface area contributed by atoms with Crippen molar-refractivity contribution < 1.29 is 8.42 Å². The minimum atomic E-state index is -3.08. The van der Waals surface area contributed by atoms with Gasteiger partial charge in [-0.2, -0.15) is 0 Å². The monoisotopic (exact) mass is 306 g/mol. The number of sulfonamides is 1. The molecule has 0 spiro atoms. The number of hydrogen-bond acceptors (Lipinski definition) is 3. The van der Waals surface area contributed by atoms with Crippen LogP contribution in [0.2, 0.25) is 0 Å². The highest BCUT2D eigenvalue weighted by molar-refractivity contribution is 7.89. The van der Waals surface area contributed by atoms with E-state index in [1.165, 1.54) is 12.8 Å². The van der Waals surface area contributed by atoms with Gasteiger partial charge in [0.05, 0.1) is 5.75 Å². The summed E-state index contributed by atoms with van der Waals surface area (Å²) >= 11 is 0. The maximum Gasteiger partial charge on any atom is 0.211 e. The van der Waals surface area contributed by atoms with Crippen molar-refractivity contribution in [2.75, 3.05) is 12.3 Å². The molecule has 4 nitrogen and oxygen atoms in total. The fourth-order valence-electron chi connectivity index (χ4n) is 2.04. The van der Waals surface area contributed by atoms with Crippen LogP contribution >= 0.6 is 0 Å². The van der Waals surface area contributed by atoms with E-state index in [9.17, 15) is 8.42 Å². The van der Waals surface area contributed by atoms with E-state index < -0.39 is 10.0 Å². The maximum atomic E-state index is 11.6. The van der Waals surface area contributed by atoms with Crippen LogP contribution in [-0.2, 0) is 10.0 Å². The van der Waals surface area contributed by atoms with Gasteiger partial charge in [0, 0.05) is 12.1 Å². The maximum absolute atomic E-state index is 11.6. The number of nitrogens with one attached hydrogen (secondary N) is 2. The van der Waals surface area contributed by atoms with Crippen LogP contribution in [0.15, 0.2) is 0 Å². The molecule has 2 N–H and O–H groups in total. The Kier molecular flexibility index (Phi) is 10.5. The molecule has 0 aliphatic rings. The number of rotatable bonds is 12. The first-order chi connectivity index (χ1) is 9.26. The molecule has 0 aromatic rings. The highest BCUT2D eigenvalue weighted by atomic mass is 32.2. The summed E-state index contributed by atoms with van der Waals surface area (Å²) in [6.45, 7) is 11.4. The summed E-state index contributed by atoms with van der Waals surface area (Å²) in [6, 6.07) is 0.459. The quantitative estimate of drug-likeness (QED) is 0.545. The molecule has 5 heteroatoms. The van der Waals surface area contributed by atoms with Crippen molar-refractivity contribution in [1.82, 2.24) is 10.0 Å². The topological polar surface area (TPSA) is 58.2 Å². The van der Waals surface area contributed by atoms with Gasteiger partial charge in [-0.15, -0.1) is 0 Å². The van der Waals surface area contributed by atoms with Crippen molar-refractivity contribution >= 4 is 10.0 Å². The van der Waals surface area contributed by atoms with Crippen molar-refractivity contribution in [1.29, 1.82) is 0 Å². The molecular weight excluding hydrogens is 272 g/mol. The number of hydrogen-bond donors (Lipinski definition) is 2. The van der Waals surface area contributed by atoms with E-state index in [0.29, 0.717) is 6.04 Å². The van der Waals surface area contributed by atoms with Crippen LogP contribution in [0.1, 0.15) is 66.7 Å². The first kappa shape index (κ1) is 19.9. The third-order valence-electron chi connectivity index (χ3n) is 3.54. The van der Waals surface area contributed by atoms with Crippen molar-refractivity contribution in [2.45, 2.75) is 78.8 Å². The van der Waals surface area contributed by atoms with Gasteiger partial charge in [-0.3, -0.25) is 0 Å². The molecule has 0 aromatic heterocycles. The largest absolute Gasteiger partial charge is 0.314 e. The van der Waals surface area contributed by atoms with Crippen LogP contribution in [0.25, 0.3) is 0 Å². The van der Waals surface area contributed by atoms with Crippen molar-refractivity contribution in [3.63, 3.8) is 0 Å². The average Bonchev–Trinajstić information content (AvgIpc) is 2.32. The Bertz CT molecular complexity index is 329. The number of unbranched alkanes of at least 4 members (excludes halogenated alkanes) is 1. The molecule has 0 aliphatic carbocycles. The summed E-state index contributed by atoms with van der Waals surface area (Å²) in [7, 11) is -3.08. The molecule has 2 atom stereocenters. The minimum absolute atomic E-state index is 0.0128. The molecule has 0 radical (unpaired) electrons. The van der Waals surface area contributed by atoms with Gasteiger partial charge < -0.3 is 5.32 Å². The molecule has 0 aromatic carbocycles. The first-order valence-electron chi connectivity index (χ1n) is 8.00. The molecule has 2 unspecified atom stereocenters. The Balaban J connectivity index is 3.64. The molecule has 0 rings (SSSR count). The van der Waals surface area contributed by atoms with Crippen LogP contribution < -0.4 is 10.0 Å². The second-order valence-corrected chi connectivity index (χ2v) is 8.12. The molecule has 0 heterocycles. The van der Waals surface area contributed by atoms with Crippen molar-refractivity contribution in [3.8, 4) is 0 Å². The second-order valence-electron chi connectivity index (χ2n) is 6.24. The van der Waals surface area contributed by atoms with E-state index in [0.717, 1.165) is 31.7 Å². The predicted octanol–water partition coefficient (Wildman–Crippen LogP) is 2.90. The Labute approximate surface area is 126 Å². The Morgan fingerprint density at radius 3 is 2.20 bits per heavy atom. The summed E-state index contributed by atoms with van der Waals surface area (Å²) in [4.78, 5) is 0. The van der Waals surface area contributed by atoms with Crippen molar-refractivity contribution in [2.24, 2.45) is 5.92 Å². The zero-order valence-electron chi connectivity index (χ0n) is 13.9. The predicted molar refractivity (Wildman–Crippen MR) is 87.4 cm³/mol. The molecule has 0 fully saturated rings. The van der Waals surface area contributed by atoms with Gasteiger partial charge >= 0.3 is 0 Å². The lowest BCUT2D eigenvalue weighted by Crippen LogP contribution is -2.32.